The number of carboxylic acids is 1. The first-order valence-corrected chi connectivity index (χ1v) is 8.65. The van der Waals surface area contributed by atoms with Gasteiger partial charge in [-0.3, -0.25) is 0 Å². The number of carbonyl (C=O) groups excluding carboxylic acids is 1. The Hall–Kier alpha value is -3.10. The van der Waals surface area contributed by atoms with Gasteiger partial charge < -0.3 is 30.1 Å². The average molecular weight is 389 g/mol. The second-order valence-corrected chi connectivity index (χ2v) is 6.02. The van der Waals surface area contributed by atoms with Gasteiger partial charge in [-0.15, -0.1) is 0 Å². The number of aliphatic hydroxyl groups is 2. The third-order valence-corrected chi connectivity index (χ3v) is 4.09. The summed E-state index contributed by atoms with van der Waals surface area (Å²) in [5, 5.41) is 32.2. The maximum absolute atomic E-state index is 11.7. The van der Waals surface area contributed by atoms with Crippen LogP contribution in [-0.2, 0) is 11.3 Å². The van der Waals surface area contributed by atoms with E-state index in [4.69, 9.17) is 9.47 Å². The molecule has 0 spiro atoms. The van der Waals surface area contributed by atoms with Gasteiger partial charge in [-0.05, 0) is 18.1 Å². The van der Waals surface area contributed by atoms with Crippen LogP contribution in [0.1, 0.15) is 34.0 Å². The zero-order valence-corrected chi connectivity index (χ0v) is 15.4. The highest BCUT2D eigenvalue weighted by molar-refractivity contribution is 5.91. The zero-order chi connectivity index (χ0) is 20.5. The highest BCUT2D eigenvalue weighted by Gasteiger charge is 2.25. The van der Waals surface area contributed by atoms with E-state index in [2.05, 4.69) is 5.32 Å². The lowest BCUT2D eigenvalue weighted by molar-refractivity contribution is 0.0122. The molecule has 2 unspecified atom stereocenters. The van der Waals surface area contributed by atoms with Crippen molar-refractivity contribution in [1.82, 2.24) is 5.32 Å². The number of rotatable bonds is 9. The topological polar surface area (TPSA) is 125 Å². The molecule has 2 rings (SSSR count). The van der Waals surface area contributed by atoms with Gasteiger partial charge in [0.25, 0.3) is 0 Å². The maximum Gasteiger partial charge on any atom is 0.407 e. The largest absolute Gasteiger partial charge is 0.495 e. The molecular formula is C20H23NO7. The second kappa shape index (κ2) is 10.3. The van der Waals surface area contributed by atoms with Crippen molar-refractivity contribution in [2.75, 3.05) is 13.7 Å². The quantitative estimate of drug-likeness (QED) is 0.517. The molecule has 2 aromatic carbocycles. The molecule has 0 radical (unpaired) electrons. The molecular weight excluding hydrogens is 366 g/mol. The summed E-state index contributed by atoms with van der Waals surface area (Å²) < 4.78 is 10.1. The van der Waals surface area contributed by atoms with Gasteiger partial charge >= 0.3 is 12.1 Å². The monoisotopic (exact) mass is 389 g/mol. The van der Waals surface area contributed by atoms with Gasteiger partial charge in [0, 0.05) is 12.1 Å². The summed E-state index contributed by atoms with van der Waals surface area (Å²) in [5.74, 6) is -1.22. The maximum atomic E-state index is 11.7. The standard InChI is InChI=1S/C20H23NO7/c1-27-18-14(8-5-9-15(18)19(24)25)17(23)16(22)10-11-21-20(26)28-12-13-6-3-2-4-7-13/h2-9,16-17,22-23H,10-12H2,1H3,(H,21,26)(H,24,25). The van der Waals surface area contributed by atoms with Gasteiger partial charge in [0.2, 0.25) is 0 Å². The van der Waals surface area contributed by atoms with Crippen LogP contribution in [0.25, 0.3) is 0 Å². The normalized spacial score (nSPS) is 12.7. The Morgan fingerprint density at radius 1 is 1.07 bits per heavy atom. The van der Waals surface area contributed by atoms with E-state index in [-0.39, 0.29) is 36.4 Å². The van der Waals surface area contributed by atoms with Crippen molar-refractivity contribution in [3.63, 3.8) is 0 Å². The predicted molar refractivity (Wildman–Crippen MR) is 100 cm³/mol. The number of nitrogens with one attached hydrogen (secondary N) is 1. The average Bonchev–Trinajstić information content (AvgIpc) is 2.71. The van der Waals surface area contributed by atoms with Crippen molar-refractivity contribution in [1.29, 1.82) is 0 Å². The van der Waals surface area contributed by atoms with Crippen LogP contribution in [0.15, 0.2) is 48.5 Å². The summed E-state index contributed by atoms with van der Waals surface area (Å²) in [4.78, 5) is 22.9. The van der Waals surface area contributed by atoms with Gasteiger partial charge in [0.1, 0.15) is 24.0 Å². The molecule has 0 aromatic heterocycles. The fourth-order valence-electron chi connectivity index (χ4n) is 2.65. The first-order valence-electron chi connectivity index (χ1n) is 8.65. The summed E-state index contributed by atoms with van der Waals surface area (Å²) >= 11 is 0. The van der Waals surface area contributed by atoms with Gasteiger partial charge in [0.15, 0.2) is 0 Å². The Bertz CT molecular complexity index is 794. The van der Waals surface area contributed by atoms with Crippen LogP contribution in [-0.4, -0.2) is 47.1 Å². The molecule has 0 bridgehead atoms. The van der Waals surface area contributed by atoms with E-state index < -0.39 is 24.3 Å². The molecule has 0 aliphatic rings. The van der Waals surface area contributed by atoms with E-state index in [0.29, 0.717) is 0 Å². The van der Waals surface area contributed by atoms with Crippen molar-refractivity contribution < 1.29 is 34.4 Å². The van der Waals surface area contributed by atoms with Crippen molar-refractivity contribution in [3.05, 3.63) is 65.2 Å². The number of alkyl carbamates (subject to hydrolysis) is 1. The van der Waals surface area contributed by atoms with E-state index in [0.717, 1.165) is 5.56 Å². The van der Waals surface area contributed by atoms with Gasteiger partial charge in [-0.2, -0.15) is 0 Å². The van der Waals surface area contributed by atoms with Crippen molar-refractivity contribution in [2.24, 2.45) is 0 Å². The molecule has 0 fully saturated rings. The van der Waals surface area contributed by atoms with Crippen LogP contribution in [0, 0.1) is 0 Å². The molecule has 0 saturated carbocycles. The molecule has 2 atom stereocenters. The minimum Gasteiger partial charge on any atom is -0.495 e. The second-order valence-electron chi connectivity index (χ2n) is 6.02. The lowest BCUT2D eigenvalue weighted by Crippen LogP contribution is -2.30. The number of aromatic carboxylic acids is 1. The number of carboxylic acid groups (broad SMARTS) is 1. The van der Waals surface area contributed by atoms with Crippen LogP contribution in [0.3, 0.4) is 0 Å². The Morgan fingerprint density at radius 3 is 2.43 bits per heavy atom. The molecule has 2 aromatic rings. The molecule has 8 nitrogen and oxygen atoms in total. The molecule has 1 amide bonds. The molecule has 4 N–H and O–H groups in total. The number of aliphatic hydroxyl groups excluding tert-OH is 2. The van der Waals surface area contributed by atoms with Crippen LogP contribution in [0.4, 0.5) is 4.79 Å². The van der Waals surface area contributed by atoms with Gasteiger partial charge in [-0.25, -0.2) is 9.59 Å². The number of amides is 1. The highest BCUT2D eigenvalue weighted by atomic mass is 16.5. The molecule has 0 aliphatic heterocycles. The zero-order valence-electron chi connectivity index (χ0n) is 15.4. The number of ether oxygens (including phenoxy) is 2. The lowest BCUT2D eigenvalue weighted by Gasteiger charge is -2.21. The van der Waals surface area contributed by atoms with Crippen LogP contribution >= 0.6 is 0 Å². The van der Waals surface area contributed by atoms with Crippen molar-refractivity contribution in [2.45, 2.75) is 25.2 Å². The van der Waals surface area contributed by atoms with Crippen molar-refractivity contribution >= 4 is 12.1 Å². The number of para-hydroxylation sites is 1. The Labute approximate surface area is 162 Å². The third kappa shape index (κ3) is 5.70. The smallest absolute Gasteiger partial charge is 0.407 e. The predicted octanol–water partition coefficient (Wildman–Crippen LogP) is 2.10. The molecule has 28 heavy (non-hydrogen) atoms. The number of benzene rings is 2. The van der Waals surface area contributed by atoms with Crippen LogP contribution < -0.4 is 10.1 Å². The van der Waals surface area contributed by atoms with E-state index in [1.54, 1.807) is 0 Å². The molecule has 8 heteroatoms. The summed E-state index contributed by atoms with van der Waals surface area (Å²) in [6, 6.07) is 13.4. The first kappa shape index (κ1) is 21.2. The van der Waals surface area contributed by atoms with Crippen molar-refractivity contribution in [3.8, 4) is 5.75 Å². The SMILES string of the molecule is COc1c(C(=O)O)cccc1C(O)C(O)CCNC(=O)OCc1ccccc1. The third-order valence-electron chi connectivity index (χ3n) is 4.09. The summed E-state index contributed by atoms with van der Waals surface area (Å²) in [6.45, 7) is 0.184. The summed E-state index contributed by atoms with van der Waals surface area (Å²) in [7, 11) is 1.29. The molecule has 150 valence electrons. The van der Waals surface area contributed by atoms with E-state index in [9.17, 15) is 24.9 Å². The van der Waals surface area contributed by atoms with Crippen LogP contribution in [0.5, 0.6) is 5.75 Å². The van der Waals surface area contributed by atoms with E-state index in [1.165, 1.54) is 25.3 Å². The van der Waals surface area contributed by atoms with Crippen LogP contribution in [0.2, 0.25) is 0 Å². The number of hydrogen-bond donors (Lipinski definition) is 4. The Kier molecular flexibility index (Phi) is 7.79. The Balaban J connectivity index is 1.86. The first-order chi connectivity index (χ1) is 13.4. The minimum atomic E-state index is -1.38. The minimum absolute atomic E-state index is 0.0169. The summed E-state index contributed by atoms with van der Waals surface area (Å²) in [5.41, 5.74) is 0.883. The lowest BCUT2D eigenvalue weighted by atomic mass is 9.98. The van der Waals surface area contributed by atoms with Gasteiger partial charge in [0.05, 0.1) is 13.2 Å². The fourth-order valence-corrected chi connectivity index (χ4v) is 2.65. The number of methoxy groups -OCH3 is 1. The summed E-state index contributed by atoms with van der Waals surface area (Å²) in [6.07, 6.45) is -3.23. The highest BCUT2D eigenvalue weighted by Crippen LogP contribution is 2.31. The van der Waals surface area contributed by atoms with E-state index >= 15 is 0 Å². The molecule has 0 aliphatic carbocycles. The molecule has 0 heterocycles. The Morgan fingerprint density at radius 2 is 1.79 bits per heavy atom. The fraction of sp³-hybridized carbons (Fsp3) is 0.300. The number of hydrogen-bond acceptors (Lipinski definition) is 6. The number of carbonyl (C=O) groups is 2. The molecule has 0 saturated heterocycles. The van der Waals surface area contributed by atoms with E-state index in [1.807, 2.05) is 30.3 Å². The van der Waals surface area contributed by atoms with Gasteiger partial charge in [-0.1, -0.05) is 42.5 Å².